The van der Waals surface area contributed by atoms with E-state index in [-0.39, 0.29) is 11.2 Å². The zero-order valence-electron chi connectivity index (χ0n) is 11.9. The average molecular weight is 302 g/mol. The summed E-state index contributed by atoms with van der Waals surface area (Å²) in [4.78, 5) is 16.9. The summed E-state index contributed by atoms with van der Waals surface area (Å²) < 4.78 is 0. The zero-order valence-corrected chi connectivity index (χ0v) is 12.7. The summed E-state index contributed by atoms with van der Waals surface area (Å²) in [6, 6.07) is 10.1. The first kappa shape index (κ1) is 14.1. The van der Waals surface area contributed by atoms with Crippen LogP contribution in [0.15, 0.2) is 35.5 Å². The minimum absolute atomic E-state index is 0.0385. The molecule has 0 aliphatic heterocycles. The van der Waals surface area contributed by atoms with Gasteiger partial charge in [0.15, 0.2) is 0 Å². The van der Waals surface area contributed by atoms with Crippen LogP contribution in [-0.2, 0) is 11.2 Å². The van der Waals surface area contributed by atoms with Gasteiger partial charge < -0.3 is 5.32 Å². The van der Waals surface area contributed by atoms with E-state index in [1.54, 1.807) is 0 Å². The third-order valence-electron chi connectivity index (χ3n) is 3.33. The summed E-state index contributed by atoms with van der Waals surface area (Å²) in [5, 5.41) is 10.4. The lowest BCUT2D eigenvalue weighted by Gasteiger charge is -2.15. The molecule has 0 spiro atoms. The van der Waals surface area contributed by atoms with E-state index in [0.29, 0.717) is 11.2 Å². The highest BCUT2D eigenvalue weighted by molar-refractivity contribution is 8.00. The lowest BCUT2D eigenvalue weighted by Crippen LogP contribution is -2.29. The Morgan fingerprint density at radius 1 is 1.43 bits per heavy atom. The quantitative estimate of drug-likeness (QED) is 0.804. The fourth-order valence-electron chi connectivity index (χ4n) is 2.00. The van der Waals surface area contributed by atoms with E-state index in [2.05, 4.69) is 20.5 Å². The molecule has 1 heterocycles. The summed E-state index contributed by atoms with van der Waals surface area (Å²) in [6.45, 7) is 2.02. The monoisotopic (exact) mass is 302 g/mol. The van der Waals surface area contributed by atoms with Crippen LogP contribution in [0.3, 0.4) is 0 Å². The summed E-state index contributed by atoms with van der Waals surface area (Å²) in [6.07, 6.45) is 2.97. The molecular weight excluding hydrogens is 284 g/mol. The second kappa shape index (κ2) is 6.30. The van der Waals surface area contributed by atoms with Gasteiger partial charge in [-0.1, -0.05) is 49.0 Å². The molecular formula is C15H18N4OS. The molecule has 1 aromatic carbocycles. The minimum atomic E-state index is -0.313. The fraction of sp³-hybridized carbons (Fsp3) is 0.400. The molecule has 0 saturated heterocycles. The molecule has 5 nitrogen and oxygen atoms in total. The minimum Gasteiger partial charge on any atom is -0.352 e. The van der Waals surface area contributed by atoms with Gasteiger partial charge >= 0.3 is 0 Å². The van der Waals surface area contributed by atoms with Gasteiger partial charge in [-0.3, -0.25) is 9.89 Å². The maximum absolute atomic E-state index is 12.5. The summed E-state index contributed by atoms with van der Waals surface area (Å²) in [7, 11) is 0. The SMILES string of the molecule is CCc1nc(SC(C(=O)NC2CC2)c2ccccc2)n[nH]1. The molecule has 2 N–H and O–H groups in total. The Kier molecular flexibility index (Phi) is 4.24. The van der Waals surface area contributed by atoms with Gasteiger partial charge in [0.25, 0.3) is 0 Å². The van der Waals surface area contributed by atoms with E-state index in [1.165, 1.54) is 11.8 Å². The topological polar surface area (TPSA) is 70.7 Å². The smallest absolute Gasteiger partial charge is 0.238 e. The van der Waals surface area contributed by atoms with Gasteiger partial charge in [0.2, 0.25) is 11.1 Å². The third kappa shape index (κ3) is 3.64. The molecule has 1 saturated carbocycles. The van der Waals surface area contributed by atoms with Crippen molar-refractivity contribution < 1.29 is 4.79 Å². The first-order valence-electron chi connectivity index (χ1n) is 7.19. The highest BCUT2D eigenvalue weighted by atomic mass is 32.2. The lowest BCUT2D eigenvalue weighted by molar-refractivity contribution is -0.120. The van der Waals surface area contributed by atoms with Crippen molar-refractivity contribution in [1.29, 1.82) is 0 Å². The largest absolute Gasteiger partial charge is 0.352 e. The Morgan fingerprint density at radius 3 is 2.81 bits per heavy atom. The molecule has 0 bridgehead atoms. The molecule has 6 heteroatoms. The van der Waals surface area contributed by atoms with Crippen LogP contribution in [0.25, 0.3) is 0 Å². The van der Waals surface area contributed by atoms with Gasteiger partial charge in [-0.15, -0.1) is 5.10 Å². The van der Waals surface area contributed by atoms with E-state index in [1.807, 2.05) is 37.3 Å². The second-order valence-corrected chi connectivity index (χ2v) is 6.18. The molecule has 1 atom stereocenters. The van der Waals surface area contributed by atoms with Gasteiger partial charge in [0.1, 0.15) is 11.1 Å². The van der Waals surface area contributed by atoms with Gasteiger partial charge in [-0.25, -0.2) is 4.98 Å². The first-order chi connectivity index (χ1) is 10.3. The fourth-order valence-corrected chi connectivity index (χ4v) is 2.94. The van der Waals surface area contributed by atoms with Crippen molar-refractivity contribution in [2.75, 3.05) is 0 Å². The molecule has 1 fully saturated rings. The standard InChI is InChI=1S/C15H18N4OS/c1-2-12-17-15(19-18-12)21-13(10-6-4-3-5-7-10)14(20)16-11-8-9-11/h3-7,11,13H,2,8-9H2,1H3,(H,16,20)(H,17,18,19). The van der Waals surface area contributed by atoms with Crippen LogP contribution in [0.5, 0.6) is 0 Å². The summed E-state index contributed by atoms with van der Waals surface area (Å²) in [5.74, 6) is 0.878. The zero-order chi connectivity index (χ0) is 14.7. The van der Waals surface area contributed by atoms with Crippen molar-refractivity contribution in [3.8, 4) is 0 Å². The number of rotatable bonds is 6. The van der Waals surface area contributed by atoms with Crippen molar-refractivity contribution in [3.63, 3.8) is 0 Å². The predicted octanol–water partition coefficient (Wildman–Crippen LogP) is 2.48. The van der Waals surface area contributed by atoms with Crippen molar-refractivity contribution >= 4 is 17.7 Å². The molecule has 21 heavy (non-hydrogen) atoms. The maximum Gasteiger partial charge on any atom is 0.238 e. The van der Waals surface area contributed by atoms with E-state index in [4.69, 9.17) is 0 Å². The Labute approximate surface area is 127 Å². The summed E-state index contributed by atoms with van der Waals surface area (Å²) >= 11 is 1.39. The van der Waals surface area contributed by atoms with Crippen molar-refractivity contribution in [3.05, 3.63) is 41.7 Å². The van der Waals surface area contributed by atoms with E-state index in [9.17, 15) is 4.79 Å². The first-order valence-corrected chi connectivity index (χ1v) is 8.07. The normalized spacial score (nSPS) is 15.7. The van der Waals surface area contributed by atoms with Crippen LogP contribution in [0.2, 0.25) is 0 Å². The number of carbonyl (C=O) groups is 1. The molecule has 0 radical (unpaired) electrons. The highest BCUT2D eigenvalue weighted by Gasteiger charge is 2.29. The molecule has 2 aromatic rings. The van der Waals surface area contributed by atoms with Crippen molar-refractivity contribution in [2.24, 2.45) is 0 Å². The van der Waals surface area contributed by atoms with Crippen molar-refractivity contribution in [1.82, 2.24) is 20.5 Å². The van der Waals surface area contributed by atoms with Gasteiger partial charge in [-0.2, -0.15) is 0 Å². The Morgan fingerprint density at radius 2 is 2.19 bits per heavy atom. The number of hydrogen-bond acceptors (Lipinski definition) is 4. The molecule has 1 amide bonds. The Hall–Kier alpha value is -1.82. The Bertz CT molecular complexity index is 609. The number of carbonyl (C=O) groups excluding carboxylic acids is 1. The third-order valence-corrected chi connectivity index (χ3v) is 4.45. The van der Waals surface area contributed by atoms with Crippen LogP contribution < -0.4 is 5.32 Å². The number of nitrogens with one attached hydrogen (secondary N) is 2. The van der Waals surface area contributed by atoms with E-state index in [0.717, 1.165) is 30.7 Å². The van der Waals surface area contributed by atoms with Crippen LogP contribution >= 0.6 is 11.8 Å². The number of aromatic nitrogens is 3. The van der Waals surface area contributed by atoms with E-state index >= 15 is 0 Å². The second-order valence-electron chi connectivity index (χ2n) is 5.11. The number of thioether (sulfide) groups is 1. The van der Waals surface area contributed by atoms with Crippen LogP contribution in [0.4, 0.5) is 0 Å². The number of aromatic amines is 1. The number of nitrogens with zero attached hydrogens (tertiary/aromatic N) is 2. The van der Waals surface area contributed by atoms with E-state index < -0.39 is 0 Å². The molecule has 1 aromatic heterocycles. The number of H-pyrrole nitrogens is 1. The number of benzene rings is 1. The van der Waals surface area contributed by atoms with Crippen molar-refractivity contribution in [2.45, 2.75) is 42.6 Å². The molecule has 110 valence electrons. The summed E-state index contributed by atoms with van der Waals surface area (Å²) in [5.41, 5.74) is 0.975. The molecule has 3 rings (SSSR count). The molecule has 1 unspecified atom stereocenters. The predicted molar refractivity (Wildman–Crippen MR) is 82.0 cm³/mol. The van der Waals surface area contributed by atoms with Crippen LogP contribution in [0.1, 0.15) is 36.4 Å². The molecule has 1 aliphatic rings. The van der Waals surface area contributed by atoms with Gasteiger partial charge in [0.05, 0.1) is 0 Å². The molecule has 1 aliphatic carbocycles. The number of hydrogen-bond donors (Lipinski definition) is 2. The van der Waals surface area contributed by atoms with Gasteiger partial charge in [-0.05, 0) is 18.4 Å². The maximum atomic E-state index is 12.5. The van der Waals surface area contributed by atoms with Gasteiger partial charge in [0, 0.05) is 12.5 Å². The average Bonchev–Trinajstić information content (AvgIpc) is 3.21. The number of amides is 1. The highest BCUT2D eigenvalue weighted by Crippen LogP contribution is 2.34. The van der Waals surface area contributed by atoms with Crippen LogP contribution in [-0.4, -0.2) is 27.1 Å². The Balaban J connectivity index is 1.79. The number of aryl methyl sites for hydroxylation is 1. The van der Waals surface area contributed by atoms with Crippen LogP contribution in [0, 0.1) is 0 Å². The lowest BCUT2D eigenvalue weighted by atomic mass is 10.1.